The molecular formula is C20H21F3N4O4S. The van der Waals surface area contributed by atoms with Gasteiger partial charge in [-0.1, -0.05) is 18.2 Å². The van der Waals surface area contributed by atoms with Crippen molar-refractivity contribution in [3.63, 3.8) is 0 Å². The van der Waals surface area contributed by atoms with Crippen LogP contribution in [0, 0.1) is 0 Å². The second-order valence-electron chi connectivity index (χ2n) is 6.81. The van der Waals surface area contributed by atoms with E-state index in [1.807, 2.05) is 0 Å². The number of carbonyl (C=O) groups is 2. The highest BCUT2D eigenvalue weighted by atomic mass is 32.2. The molecule has 2 rings (SSSR count). The van der Waals surface area contributed by atoms with E-state index in [1.54, 1.807) is 31.2 Å². The van der Waals surface area contributed by atoms with Crippen LogP contribution in [0.2, 0.25) is 0 Å². The van der Waals surface area contributed by atoms with Crippen molar-refractivity contribution < 1.29 is 31.2 Å². The minimum atomic E-state index is -4.67. The van der Waals surface area contributed by atoms with Gasteiger partial charge in [-0.15, -0.1) is 0 Å². The van der Waals surface area contributed by atoms with E-state index < -0.39 is 34.2 Å². The standard InChI is InChI=1S/C20H21F3N4O4S/c1-13(15-6-4-8-17(10-15)24-14(2)28)25-26-19(29)12-27(32(3,30)31)18-9-5-7-16(11-18)20(21,22)23/h4-11H,12H2,1-3H3,(H,24,28)(H,26,29)/b25-13-. The van der Waals surface area contributed by atoms with Gasteiger partial charge in [0.15, 0.2) is 0 Å². The van der Waals surface area contributed by atoms with Crippen molar-refractivity contribution in [3.8, 4) is 0 Å². The molecule has 0 fully saturated rings. The summed E-state index contributed by atoms with van der Waals surface area (Å²) in [6.45, 7) is 2.16. The van der Waals surface area contributed by atoms with Crippen LogP contribution in [-0.2, 0) is 25.8 Å². The van der Waals surface area contributed by atoms with Crippen molar-refractivity contribution in [1.82, 2.24) is 5.43 Å². The predicted molar refractivity (Wildman–Crippen MR) is 115 cm³/mol. The van der Waals surface area contributed by atoms with Crippen LogP contribution in [0.1, 0.15) is 25.0 Å². The summed E-state index contributed by atoms with van der Waals surface area (Å²) >= 11 is 0. The number of nitrogens with one attached hydrogen (secondary N) is 2. The molecule has 0 spiro atoms. The Morgan fingerprint density at radius 1 is 1.06 bits per heavy atom. The van der Waals surface area contributed by atoms with E-state index in [1.165, 1.54) is 6.92 Å². The predicted octanol–water partition coefficient (Wildman–Crippen LogP) is 2.97. The zero-order valence-corrected chi connectivity index (χ0v) is 18.2. The number of hydrogen-bond acceptors (Lipinski definition) is 5. The first kappa shape index (κ1) is 24.9. The number of rotatable bonds is 7. The molecule has 2 aromatic carbocycles. The summed E-state index contributed by atoms with van der Waals surface area (Å²) in [7, 11) is -4.07. The fourth-order valence-corrected chi connectivity index (χ4v) is 3.49. The van der Waals surface area contributed by atoms with Crippen LogP contribution in [0.3, 0.4) is 0 Å². The molecule has 0 atom stereocenters. The normalized spacial score (nSPS) is 12.2. The van der Waals surface area contributed by atoms with Gasteiger partial charge < -0.3 is 5.32 Å². The number of anilines is 2. The Morgan fingerprint density at radius 3 is 2.31 bits per heavy atom. The Bertz CT molecular complexity index is 1150. The Kier molecular flexibility index (Phi) is 7.62. The molecule has 0 aliphatic rings. The van der Waals surface area contributed by atoms with Gasteiger partial charge in [0.2, 0.25) is 15.9 Å². The van der Waals surface area contributed by atoms with Crippen LogP contribution in [0.25, 0.3) is 0 Å². The van der Waals surface area contributed by atoms with Crippen molar-refractivity contribution in [2.45, 2.75) is 20.0 Å². The Morgan fingerprint density at radius 2 is 1.72 bits per heavy atom. The first-order chi connectivity index (χ1) is 14.8. The van der Waals surface area contributed by atoms with Gasteiger partial charge in [-0.05, 0) is 42.8 Å². The zero-order chi connectivity index (χ0) is 24.1. The third-order valence-corrected chi connectivity index (χ3v) is 5.24. The molecule has 0 unspecified atom stereocenters. The van der Waals surface area contributed by atoms with Gasteiger partial charge in [-0.2, -0.15) is 18.3 Å². The van der Waals surface area contributed by atoms with E-state index in [9.17, 15) is 31.2 Å². The molecular weight excluding hydrogens is 449 g/mol. The Balaban J connectivity index is 2.19. The lowest BCUT2D eigenvalue weighted by atomic mass is 10.1. The molecule has 0 aromatic heterocycles. The molecule has 0 aliphatic heterocycles. The first-order valence-corrected chi connectivity index (χ1v) is 11.0. The summed E-state index contributed by atoms with van der Waals surface area (Å²) in [6.07, 6.45) is -3.89. The molecule has 2 amide bonds. The topological polar surface area (TPSA) is 108 Å². The Labute approximate surface area is 183 Å². The van der Waals surface area contributed by atoms with Crippen molar-refractivity contribution in [2.75, 3.05) is 22.4 Å². The summed E-state index contributed by atoms with van der Waals surface area (Å²) in [5.74, 6) is -1.12. The number of amides is 2. The van der Waals surface area contributed by atoms with Crippen LogP contribution >= 0.6 is 0 Å². The zero-order valence-electron chi connectivity index (χ0n) is 17.4. The number of nitrogens with zero attached hydrogens (tertiary/aromatic N) is 2. The number of hydrazone groups is 1. The molecule has 32 heavy (non-hydrogen) atoms. The average molecular weight is 470 g/mol. The fraction of sp³-hybridized carbons (Fsp3) is 0.250. The number of halogens is 3. The first-order valence-electron chi connectivity index (χ1n) is 9.13. The maximum absolute atomic E-state index is 13.0. The number of hydrogen-bond donors (Lipinski definition) is 2. The van der Waals surface area contributed by atoms with Gasteiger partial charge in [0.1, 0.15) is 6.54 Å². The molecule has 0 radical (unpaired) electrons. The number of sulfonamides is 1. The van der Waals surface area contributed by atoms with Crippen molar-refractivity contribution in [2.24, 2.45) is 5.10 Å². The quantitative estimate of drug-likeness (QED) is 0.479. The van der Waals surface area contributed by atoms with Gasteiger partial charge in [0, 0.05) is 12.6 Å². The molecule has 0 heterocycles. The van der Waals surface area contributed by atoms with Gasteiger partial charge >= 0.3 is 6.18 Å². The molecule has 8 nitrogen and oxygen atoms in total. The third kappa shape index (κ3) is 7.08. The second-order valence-corrected chi connectivity index (χ2v) is 8.72. The van der Waals surface area contributed by atoms with Gasteiger partial charge in [0.05, 0.1) is 23.2 Å². The van der Waals surface area contributed by atoms with Crippen LogP contribution in [-0.4, -0.2) is 38.7 Å². The monoisotopic (exact) mass is 470 g/mol. The second kappa shape index (κ2) is 9.81. The summed E-state index contributed by atoms with van der Waals surface area (Å²) in [6, 6.07) is 10.3. The van der Waals surface area contributed by atoms with Crippen LogP contribution in [0.15, 0.2) is 53.6 Å². The van der Waals surface area contributed by atoms with Crippen molar-refractivity contribution >= 4 is 38.9 Å². The molecule has 12 heteroatoms. The summed E-state index contributed by atoms with van der Waals surface area (Å²) in [5, 5.41) is 6.51. The number of alkyl halides is 3. The molecule has 0 aliphatic carbocycles. The fourth-order valence-electron chi connectivity index (χ4n) is 2.64. The minimum Gasteiger partial charge on any atom is -0.326 e. The van der Waals surface area contributed by atoms with Crippen LogP contribution in [0.4, 0.5) is 24.5 Å². The minimum absolute atomic E-state index is 0.263. The molecule has 0 saturated heterocycles. The molecule has 0 saturated carbocycles. The summed E-state index contributed by atoms with van der Waals surface area (Å²) in [5.41, 5.74) is 2.30. The van der Waals surface area contributed by atoms with E-state index >= 15 is 0 Å². The lowest BCUT2D eigenvalue weighted by molar-refractivity contribution is -0.137. The molecule has 0 bridgehead atoms. The molecule has 2 aromatic rings. The van der Waals surface area contributed by atoms with Gasteiger partial charge in [-0.3, -0.25) is 13.9 Å². The number of benzene rings is 2. The summed E-state index contributed by atoms with van der Waals surface area (Å²) < 4.78 is 63.7. The highest BCUT2D eigenvalue weighted by Gasteiger charge is 2.32. The van der Waals surface area contributed by atoms with E-state index in [0.717, 1.165) is 24.5 Å². The maximum atomic E-state index is 13.0. The van der Waals surface area contributed by atoms with Gasteiger partial charge in [0.25, 0.3) is 5.91 Å². The maximum Gasteiger partial charge on any atom is 0.416 e. The smallest absolute Gasteiger partial charge is 0.326 e. The molecule has 172 valence electrons. The van der Waals surface area contributed by atoms with Crippen LogP contribution < -0.4 is 15.0 Å². The summed E-state index contributed by atoms with van der Waals surface area (Å²) in [4.78, 5) is 23.5. The largest absolute Gasteiger partial charge is 0.416 e. The highest BCUT2D eigenvalue weighted by Crippen LogP contribution is 2.32. The third-order valence-electron chi connectivity index (χ3n) is 4.10. The highest BCUT2D eigenvalue weighted by molar-refractivity contribution is 7.92. The lowest BCUT2D eigenvalue weighted by Crippen LogP contribution is -2.39. The van der Waals surface area contributed by atoms with E-state index in [0.29, 0.717) is 27.3 Å². The van der Waals surface area contributed by atoms with Gasteiger partial charge in [-0.25, -0.2) is 13.8 Å². The van der Waals surface area contributed by atoms with Crippen molar-refractivity contribution in [1.29, 1.82) is 0 Å². The Hall–Kier alpha value is -3.41. The van der Waals surface area contributed by atoms with Crippen LogP contribution in [0.5, 0.6) is 0 Å². The lowest BCUT2D eigenvalue weighted by Gasteiger charge is -2.22. The van der Waals surface area contributed by atoms with E-state index in [4.69, 9.17) is 0 Å². The number of carbonyl (C=O) groups excluding carboxylic acids is 2. The van der Waals surface area contributed by atoms with Crippen molar-refractivity contribution in [3.05, 3.63) is 59.7 Å². The average Bonchev–Trinajstić information content (AvgIpc) is 2.68. The SMILES string of the molecule is CC(=O)Nc1cccc(/C(C)=N\NC(=O)CN(c2cccc(C(F)(F)F)c2)S(C)(=O)=O)c1. The van der Waals surface area contributed by atoms with E-state index in [-0.39, 0.29) is 11.6 Å². The molecule has 2 N–H and O–H groups in total. The van der Waals surface area contributed by atoms with E-state index in [2.05, 4.69) is 15.8 Å².